The van der Waals surface area contributed by atoms with E-state index in [0.29, 0.717) is 0 Å². The molecule has 8 nitrogen and oxygen atoms in total. The minimum Gasteiger partial charge on any atom is -0.408 e. The van der Waals surface area contributed by atoms with Crippen LogP contribution in [-0.2, 0) is 13.9 Å². The summed E-state index contributed by atoms with van der Waals surface area (Å²) in [6.07, 6.45) is -2.05. The van der Waals surface area contributed by atoms with Crippen LogP contribution in [0.5, 0.6) is 0 Å². The van der Waals surface area contributed by atoms with Crippen molar-refractivity contribution < 1.29 is 19.0 Å². The van der Waals surface area contributed by atoms with Crippen molar-refractivity contribution in [2.45, 2.75) is 76.5 Å². The second kappa shape index (κ2) is 7.39. The minimum atomic E-state index is -2.19. The van der Waals surface area contributed by atoms with Crippen molar-refractivity contribution in [1.82, 2.24) is 9.55 Å². The van der Waals surface area contributed by atoms with E-state index in [2.05, 4.69) is 38.8 Å². The standard InChI is InChI=1S/C17H30N2O6Si/c1-10(20)12-13(25-26(6,7)17(2,3)4)14(23-5)15(24-12)19-9-8-11(21)18-16(19)22/h8-10,12-15,20H,1-7H3,(H,18,21,22)/t10?,12-,13?,14?,15-/m1/s1. The lowest BCUT2D eigenvalue weighted by Gasteiger charge is -2.40. The number of H-pyrrole nitrogens is 1. The summed E-state index contributed by atoms with van der Waals surface area (Å²) in [5.74, 6) is 0. The average Bonchev–Trinajstić information content (AvgIpc) is 2.83. The van der Waals surface area contributed by atoms with Gasteiger partial charge >= 0.3 is 5.69 Å². The molecule has 5 atom stereocenters. The van der Waals surface area contributed by atoms with Crippen LogP contribution >= 0.6 is 0 Å². The van der Waals surface area contributed by atoms with Crippen molar-refractivity contribution in [1.29, 1.82) is 0 Å². The van der Waals surface area contributed by atoms with E-state index >= 15 is 0 Å². The second-order valence-corrected chi connectivity index (χ2v) is 13.0. The molecular formula is C17H30N2O6Si. The summed E-state index contributed by atoms with van der Waals surface area (Å²) in [6, 6.07) is 1.25. The molecule has 2 N–H and O–H groups in total. The highest BCUT2D eigenvalue weighted by atomic mass is 28.4. The molecule has 148 valence electrons. The van der Waals surface area contributed by atoms with Gasteiger partial charge in [-0.25, -0.2) is 4.79 Å². The molecule has 1 fully saturated rings. The van der Waals surface area contributed by atoms with E-state index in [1.54, 1.807) is 6.92 Å². The van der Waals surface area contributed by atoms with Crippen LogP contribution in [0.1, 0.15) is 33.9 Å². The fraction of sp³-hybridized carbons (Fsp3) is 0.765. The number of aliphatic hydroxyl groups excluding tert-OH is 1. The number of nitrogens with zero attached hydrogens (tertiary/aromatic N) is 1. The first-order valence-electron chi connectivity index (χ1n) is 8.74. The van der Waals surface area contributed by atoms with Gasteiger partial charge in [-0.3, -0.25) is 14.3 Å². The fourth-order valence-electron chi connectivity index (χ4n) is 2.81. The van der Waals surface area contributed by atoms with Crippen molar-refractivity contribution in [3.63, 3.8) is 0 Å². The summed E-state index contributed by atoms with van der Waals surface area (Å²) in [7, 11) is -0.667. The zero-order chi connectivity index (χ0) is 19.9. The number of ether oxygens (including phenoxy) is 2. The van der Waals surface area contributed by atoms with Gasteiger partial charge in [0.1, 0.15) is 18.3 Å². The number of nitrogens with one attached hydrogen (secondary N) is 1. The number of aromatic nitrogens is 2. The topological polar surface area (TPSA) is 103 Å². The van der Waals surface area contributed by atoms with Gasteiger partial charge in [0.2, 0.25) is 0 Å². The quantitative estimate of drug-likeness (QED) is 0.738. The molecule has 0 aromatic carbocycles. The highest BCUT2D eigenvalue weighted by molar-refractivity contribution is 6.74. The highest BCUT2D eigenvalue weighted by Crippen LogP contribution is 2.42. The molecule has 3 unspecified atom stereocenters. The summed E-state index contributed by atoms with van der Waals surface area (Å²) in [4.78, 5) is 25.8. The Morgan fingerprint density at radius 3 is 2.38 bits per heavy atom. The number of rotatable bonds is 5. The van der Waals surface area contributed by atoms with Crippen LogP contribution in [0.2, 0.25) is 18.1 Å². The van der Waals surface area contributed by atoms with E-state index in [9.17, 15) is 14.7 Å². The molecule has 0 amide bonds. The number of hydrogen-bond donors (Lipinski definition) is 2. The molecule has 1 aromatic rings. The van der Waals surface area contributed by atoms with Gasteiger partial charge < -0.3 is 19.0 Å². The molecule has 1 saturated heterocycles. The Morgan fingerprint density at radius 2 is 1.92 bits per heavy atom. The maximum atomic E-state index is 12.2. The van der Waals surface area contributed by atoms with E-state index < -0.39 is 50.2 Å². The van der Waals surface area contributed by atoms with Gasteiger partial charge in [0.15, 0.2) is 14.5 Å². The Morgan fingerprint density at radius 1 is 1.31 bits per heavy atom. The first-order chi connectivity index (χ1) is 11.9. The molecule has 1 aliphatic heterocycles. The Hall–Kier alpha value is -1.26. The van der Waals surface area contributed by atoms with Crippen LogP contribution in [0.4, 0.5) is 0 Å². The lowest BCUT2D eigenvalue weighted by atomic mass is 10.1. The highest BCUT2D eigenvalue weighted by Gasteiger charge is 2.52. The predicted molar refractivity (Wildman–Crippen MR) is 99.8 cm³/mol. The van der Waals surface area contributed by atoms with Crippen LogP contribution in [0.15, 0.2) is 21.9 Å². The van der Waals surface area contributed by atoms with E-state index in [0.717, 1.165) is 0 Å². The van der Waals surface area contributed by atoms with Gasteiger partial charge in [-0.1, -0.05) is 20.8 Å². The largest absolute Gasteiger partial charge is 0.408 e. The molecule has 1 aromatic heterocycles. The van der Waals surface area contributed by atoms with Gasteiger partial charge in [0.25, 0.3) is 5.56 Å². The second-order valence-electron chi connectivity index (χ2n) is 8.29. The minimum absolute atomic E-state index is 0.0402. The number of aromatic amines is 1. The maximum Gasteiger partial charge on any atom is 0.330 e. The Balaban J connectivity index is 2.43. The monoisotopic (exact) mass is 386 g/mol. The molecule has 0 radical (unpaired) electrons. The normalized spacial score (nSPS) is 28.3. The molecule has 0 aliphatic carbocycles. The van der Waals surface area contributed by atoms with Crippen molar-refractivity contribution >= 4 is 8.32 Å². The zero-order valence-corrected chi connectivity index (χ0v) is 17.5. The Bertz CT molecular complexity index is 736. The summed E-state index contributed by atoms with van der Waals surface area (Å²) in [5, 5.41) is 10.2. The molecule has 0 spiro atoms. The number of hydrogen-bond acceptors (Lipinski definition) is 6. The SMILES string of the molecule is COC1C(O[Si](C)(C)C(C)(C)C)[C@@H](C(C)O)O[C@H]1n1ccc(=O)[nH]c1=O. The van der Waals surface area contributed by atoms with Gasteiger partial charge in [-0.15, -0.1) is 0 Å². The van der Waals surface area contributed by atoms with Crippen LogP contribution in [-0.4, -0.2) is 54.5 Å². The molecule has 2 rings (SSSR count). The zero-order valence-electron chi connectivity index (χ0n) is 16.5. The molecule has 0 saturated carbocycles. The van der Waals surface area contributed by atoms with E-state index in [1.165, 1.54) is 23.9 Å². The van der Waals surface area contributed by atoms with Crippen molar-refractivity contribution in [3.05, 3.63) is 33.1 Å². The van der Waals surface area contributed by atoms with Crippen molar-refractivity contribution in [2.24, 2.45) is 0 Å². The molecule has 2 heterocycles. The van der Waals surface area contributed by atoms with E-state index in [1.807, 2.05) is 0 Å². The molecular weight excluding hydrogens is 356 g/mol. The molecule has 1 aliphatic rings. The molecule has 26 heavy (non-hydrogen) atoms. The van der Waals surface area contributed by atoms with Crippen LogP contribution in [0, 0.1) is 0 Å². The fourth-order valence-corrected chi connectivity index (χ4v) is 4.11. The van der Waals surface area contributed by atoms with Crippen LogP contribution in [0.3, 0.4) is 0 Å². The number of aliphatic hydroxyl groups is 1. The van der Waals surface area contributed by atoms with E-state index in [-0.39, 0.29) is 5.04 Å². The predicted octanol–water partition coefficient (Wildman–Crippen LogP) is 1.22. The summed E-state index contributed by atoms with van der Waals surface area (Å²) >= 11 is 0. The lowest BCUT2D eigenvalue weighted by Crippen LogP contribution is -2.51. The lowest BCUT2D eigenvalue weighted by molar-refractivity contribution is -0.0820. The Kier molecular flexibility index (Phi) is 5.98. The van der Waals surface area contributed by atoms with Crippen molar-refractivity contribution in [3.8, 4) is 0 Å². The smallest absolute Gasteiger partial charge is 0.330 e. The van der Waals surface area contributed by atoms with Crippen LogP contribution < -0.4 is 11.2 Å². The van der Waals surface area contributed by atoms with E-state index in [4.69, 9.17) is 13.9 Å². The maximum absolute atomic E-state index is 12.2. The Labute approximate surface area is 154 Å². The summed E-state index contributed by atoms with van der Waals surface area (Å²) in [5.41, 5.74) is -1.08. The van der Waals surface area contributed by atoms with Gasteiger partial charge in [0.05, 0.1) is 6.10 Å². The van der Waals surface area contributed by atoms with Crippen molar-refractivity contribution in [2.75, 3.05) is 7.11 Å². The first kappa shape index (κ1) is 21.0. The number of methoxy groups -OCH3 is 1. The first-order valence-corrected chi connectivity index (χ1v) is 11.7. The third-order valence-electron chi connectivity index (χ3n) is 5.34. The van der Waals surface area contributed by atoms with Gasteiger partial charge in [-0.05, 0) is 25.1 Å². The van der Waals surface area contributed by atoms with Gasteiger partial charge in [-0.2, -0.15) is 0 Å². The average molecular weight is 387 g/mol. The summed E-state index contributed by atoms with van der Waals surface area (Å²) < 4.78 is 19.4. The molecule has 9 heteroatoms. The third-order valence-corrected chi connectivity index (χ3v) is 9.81. The third kappa shape index (κ3) is 4.01. The van der Waals surface area contributed by atoms with Gasteiger partial charge in [0, 0.05) is 19.4 Å². The molecule has 0 bridgehead atoms. The van der Waals surface area contributed by atoms with Crippen LogP contribution in [0.25, 0.3) is 0 Å². The summed E-state index contributed by atoms with van der Waals surface area (Å²) in [6.45, 7) is 12.2.